The van der Waals surface area contributed by atoms with E-state index >= 15 is 0 Å². The van der Waals surface area contributed by atoms with Crippen molar-refractivity contribution in [2.75, 3.05) is 27.4 Å². The second kappa shape index (κ2) is 8.94. The Kier molecular flexibility index (Phi) is 6.09. The van der Waals surface area contributed by atoms with Crippen LogP contribution < -0.4 is 24.3 Å². The number of methoxy groups -OCH3 is 2. The van der Waals surface area contributed by atoms with E-state index in [1.54, 1.807) is 14.2 Å². The van der Waals surface area contributed by atoms with Crippen LogP contribution >= 0.6 is 0 Å². The molecule has 3 aromatic rings. The fourth-order valence-electron chi connectivity index (χ4n) is 4.47. The SMILES string of the molecule is CCOc1cc2c(cc1OCC)-n1cccc1[C@H](c1ccc(OC)c(C)c1OC)[NH2+]C2. The second-order valence-electron chi connectivity index (χ2n) is 7.53. The topological polar surface area (TPSA) is 58.5 Å². The minimum Gasteiger partial charge on any atom is -0.496 e. The van der Waals surface area contributed by atoms with Crippen molar-refractivity contribution in [1.82, 2.24) is 4.57 Å². The number of nitrogens with zero attached hydrogens (tertiary/aromatic N) is 1. The van der Waals surface area contributed by atoms with Crippen LogP contribution in [-0.2, 0) is 6.54 Å². The average molecular weight is 424 g/mol. The predicted octanol–water partition coefficient (Wildman–Crippen LogP) is 3.77. The Morgan fingerprint density at radius 3 is 2.39 bits per heavy atom. The van der Waals surface area contributed by atoms with Gasteiger partial charge in [-0.3, -0.25) is 0 Å². The van der Waals surface area contributed by atoms with Crippen molar-refractivity contribution < 1.29 is 24.3 Å². The molecule has 0 fully saturated rings. The number of hydrogen-bond donors (Lipinski definition) is 1. The van der Waals surface area contributed by atoms with Crippen LogP contribution in [0, 0.1) is 6.92 Å². The van der Waals surface area contributed by atoms with Gasteiger partial charge in [-0.1, -0.05) is 0 Å². The second-order valence-corrected chi connectivity index (χ2v) is 7.53. The fourth-order valence-corrected chi connectivity index (χ4v) is 4.47. The smallest absolute Gasteiger partial charge is 0.163 e. The predicted molar refractivity (Wildman–Crippen MR) is 120 cm³/mol. The highest BCUT2D eigenvalue weighted by atomic mass is 16.5. The average Bonchev–Trinajstić information content (AvgIpc) is 3.20. The van der Waals surface area contributed by atoms with Crippen LogP contribution in [0.25, 0.3) is 5.69 Å². The number of ether oxygens (including phenoxy) is 4. The summed E-state index contributed by atoms with van der Waals surface area (Å²) in [5.74, 6) is 3.26. The number of aromatic nitrogens is 1. The molecule has 6 nitrogen and oxygen atoms in total. The van der Waals surface area contributed by atoms with E-state index in [2.05, 4.69) is 46.4 Å². The summed E-state index contributed by atoms with van der Waals surface area (Å²) in [6.07, 6.45) is 2.11. The van der Waals surface area contributed by atoms with E-state index in [0.717, 1.165) is 46.4 Å². The molecule has 4 rings (SSSR count). The Labute approximate surface area is 183 Å². The van der Waals surface area contributed by atoms with E-state index in [0.29, 0.717) is 13.2 Å². The van der Waals surface area contributed by atoms with Gasteiger partial charge in [0.15, 0.2) is 17.5 Å². The Bertz CT molecular complexity index is 1070. The molecule has 0 unspecified atom stereocenters. The zero-order valence-electron chi connectivity index (χ0n) is 18.9. The summed E-state index contributed by atoms with van der Waals surface area (Å²) in [6, 6.07) is 12.7. The van der Waals surface area contributed by atoms with Crippen molar-refractivity contribution in [3.05, 3.63) is 65.0 Å². The highest BCUT2D eigenvalue weighted by molar-refractivity contribution is 5.57. The monoisotopic (exact) mass is 423 g/mol. The lowest BCUT2D eigenvalue weighted by Crippen LogP contribution is -2.83. The van der Waals surface area contributed by atoms with Gasteiger partial charge in [0.1, 0.15) is 18.0 Å². The number of quaternary nitrogens is 1. The highest BCUT2D eigenvalue weighted by Gasteiger charge is 2.30. The summed E-state index contributed by atoms with van der Waals surface area (Å²) in [7, 11) is 3.41. The highest BCUT2D eigenvalue weighted by Crippen LogP contribution is 2.39. The number of fused-ring (bicyclic) bond motifs is 3. The first-order chi connectivity index (χ1) is 15.1. The molecular formula is C25H31N2O4+. The molecule has 0 bridgehead atoms. The largest absolute Gasteiger partial charge is 0.496 e. The molecule has 0 aliphatic carbocycles. The maximum Gasteiger partial charge on any atom is 0.163 e. The van der Waals surface area contributed by atoms with E-state index in [1.165, 1.54) is 11.3 Å². The van der Waals surface area contributed by atoms with Gasteiger partial charge in [0.2, 0.25) is 0 Å². The molecule has 1 aliphatic heterocycles. The van der Waals surface area contributed by atoms with Crippen LogP contribution in [0.1, 0.15) is 42.3 Å². The van der Waals surface area contributed by atoms with E-state index in [1.807, 2.05) is 26.8 Å². The van der Waals surface area contributed by atoms with Crippen LogP contribution in [-0.4, -0.2) is 32.0 Å². The standard InChI is InChI=1S/C25H30N2O4/c1-6-30-22-13-17-15-26-24(18-10-11-21(28-4)16(3)25(18)29-5)19-9-8-12-27(19)20(17)14-23(22)31-7-2/h8-14,24,26H,6-7,15H2,1-5H3/p+1/t24-/m0/s1. The molecule has 0 radical (unpaired) electrons. The summed E-state index contributed by atoms with van der Waals surface area (Å²) in [5.41, 5.74) is 5.65. The van der Waals surface area contributed by atoms with Crippen molar-refractivity contribution in [2.45, 2.75) is 33.4 Å². The zero-order chi connectivity index (χ0) is 22.0. The first-order valence-corrected chi connectivity index (χ1v) is 10.8. The molecule has 0 saturated heterocycles. The number of benzene rings is 2. The summed E-state index contributed by atoms with van der Waals surface area (Å²) in [5, 5.41) is 2.34. The molecule has 2 N–H and O–H groups in total. The van der Waals surface area contributed by atoms with Gasteiger partial charge in [0.05, 0.1) is 44.4 Å². The Balaban J connectivity index is 1.84. The normalized spacial score (nSPS) is 14.9. The van der Waals surface area contributed by atoms with E-state index < -0.39 is 0 Å². The number of hydrogen-bond acceptors (Lipinski definition) is 4. The fraction of sp³-hybridized carbons (Fsp3) is 0.360. The van der Waals surface area contributed by atoms with Crippen molar-refractivity contribution in [3.63, 3.8) is 0 Å². The van der Waals surface area contributed by atoms with Crippen molar-refractivity contribution in [3.8, 4) is 28.7 Å². The molecule has 0 amide bonds. The lowest BCUT2D eigenvalue weighted by molar-refractivity contribution is -0.702. The van der Waals surface area contributed by atoms with Gasteiger partial charge in [-0.15, -0.1) is 0 Å². The maximum atomic E-state index is 5.89. The summed E-state index contributed by atoms with van der Waals surface area (Å²) >= 11 is 0. The lowest BCUT2D eigenvalue weighted by Gasteiger charge is -2.20. The van der Waals surface area contributed by atoms with Gasteiger partial charge >= 0.3 is 0 Å². The summed E-state index contributed by atoms with van der Waals surface area (Å²) in [4.78, 5) is 0. The minimum absolute atomic E-state index is 0.0769. The summed E-state index contributed by atoms with van der Waals surface area (Å²) in [6.45, 7) is 8.02. The van der Waals surface area contributed by atoms with E-state index in [9.17, 15) is 0 Å². The quantitative estimate of drug-likeness (QED) is 0.629. The minimum atomic E-state index is 0.0769. The van der Waals surface area contributed by atoms with Gasteiger partial charge in [-0.25, -0.2) is 0 Å². The third kappa shape index (κ3) is 3.72. The van der Waals surface area contributed by atoms with Gasteiger partial charge in [-0.2, -0.15) is 0 Å². The van der Waals surface area contributed by atoms with Gasteiger partial charge in [-0.05, 0) is 51.1 Å². The Morgan fingerprint density at radius 1 is 0.968 bits per heavy atom. The number of rotatable bonds is 7. The zero-order valence-corrected chi connectivity index (χ0v) is 18.9. The first kappa shape index (κ1) is 21.1. The number of nitrogens with two attached hydrogens (primary N) is 1. The Hall–Kier alpha value is -3.12. The van der Waals surface area contributed by atoms with Crippen LogP contribution in [0.15, 0.2) is 42.6 Å². The molecule has 1 aromatic heterocycles. The third-order valence-corrected chi connectivity index (χ3v) is 5.82. The van der Waals surface area contributed by atoms with E-state index in [4.69, 9.17) is 18.9 Å². The third-order valence-electron chi connectivity index (χ3n) is 5.82. The molecule has 0 saturated carbocycles. The van der Waals surface area contributed by atoms with Crippen molar-refractivity contribution >= 4 is 0 Å². The van der Waals surface area contributed by atoms with Crippen LogP contribution in [0.4, 0.5) is 0 Å². The van der Waals surface area contributed by atoms with Gasteiger partial charge in [0, 0.05) is 23.4 Å². The van der Waals surface area contributed by atoms with Gasteiger partial charge < -0.3 is 28.8 Å². The molecule has 31 heavy (non-hydrogen) atoms. The summed E-state index contributed by atoms with van der Waals surface area (Å²) < 4.78 is 25.4. The van der Waals surface area contributed by atoms with Crippen molar-refractivity contribution in [1.29, 1.82) is 0 Å². The molecule has 2 heterocycles. The lowest BCUT2D eigenvalue weighted by atomic mass is 9.99. The Morgan fingerprint density at radius 2 is 1.71 bits per heavy atom. The van der Waals surface area contributed by atoms with E-state index in [-0.39, 0.29) is 6.04 Å². The molecule has 2 aromatic carbocycles. The van der Waals surface area contributed by atoms with Gasteiger partial charge in [0.25, 0.3) is 0 Å². The molecule has 6 heteroatoms. The molecular weight excluding hydrogens is 392 g/mol. The molecule has 1 aliphatic rings. The van der Waals surface area contributed by atoms with Crippen LogP contribution in [0.3, 0.4) is 0 Å². The van der Waals surface area contributed by atoms with Crippen molar-refractivity contribution in [2.24, 2.45) is 0 Å². The maximum absolute atomic E-state index is 5.89. The van der Waals surface area contributed by atoms with Crippen LogP contribution in [0.5, 0.6) is 23.0 Å². The molecule has 1 atom stereocenters. The first-order valence-electron chi connectivity index (χ1n) is 10.8. The molecule has 0 spiro atoms. The molecule has 164 valence electrons. The van der Waals surface area contributed by atoms with Crippen LogP contribution in [0.2, 0.25) is 0 Å².